The molecule has 2 aliphatic rings. The highest BCUT2D eigenvalue weighted by Gasteiger charge is 2.38. The van der Waals surface area contributed by atoms with E-state index in [9.17, 15) is 0 Å². The molecule has 2 aliphatic heterocycles. The SMILES string of the molecule is COCCNCC1(CC2CCC(C)O2)CCOC1. The molecule has 4 nitrogen and oxygen atoms in total. The van der Waals surface area contributed by atoms with Crippen molar-refractivity contribution in [1.29, 1.82) is 0 Å². The van der Waals surface area contributed by atoms with Gasteiger partial charge in [-0.3, -0.25) is 0 Å². The van der Waals surface area contributed by atoms with Crippen molar-refractivity contribution in [2.24, 2.45) is 5.41 Å². The van der Waals surface area contributed by atoms with Crippen molar-refractivity contribution in [2.75, 3.05) is 40.0 Å². The van der Waals surface area contributed by atoms with Gasteiger partial charge in [0.2, 0.25) is 0 Å². The predicted molar refractivity (Wildman–Crippen MR) is 70.8 cm³/mol. The summed E-state index contributed by atoms with van der Waals surface area (Å²) >= 11 is 0. The second-order valence-electron chi connectivity index (χ2n) is 5.82. The molecule has 1 N–H and O–H groups in total. The van der Waals surface area contributed by atoms with Crippen molar-refractivity contribution < 1.29 is 14.2 Å². The van der Waals surface area contributed by atoms with Gasteiger partial charge in [0.15, 0.2) is 0 Å². The maximum absolute atomic E-state index is 5.97. The van der Waals surface area contributed by atoms with E-state index in [1.54, 1.807) is 7.11 Å². The van der Waals surface area contributed by atoms with Crippen LogP contribution in [0.25, 0.3) is 0 Å². The first kappa shape index (κ1) is 14.3. The van der Waals surface area contributed by atoms with Crippen LogP contribution in [0.5, 0.6) is 0 Å². The normalized spacial score (nSPS) is 36.3. The van der Waals surface area contributed by atoms with E-state index in [-0.39, 0.29) is 5.41 Å². The molecule has 4 heteroatoms. The molecule has 3 atom stereocenters. The van der Waals surface area contributed by atoms with Crippen molar-refractivity contribution in [3.05, 3.63) is 0 Å². The largest absolute Gasteiger partial charge is 0.383 e. The molecule has 2 saturated heterocycles. The molecule has 2 rings (SSSR count). The molecule has 0 aromatic rings. The molecule has 0 saturated carbocycles. The standard InChI is InChI=1S/C14H27NO3/c1-12-3-4-13(18-12)9-14(5-7-17-11-14)10-15-6-8-16-2/h12-13,15H,3-11H2,1-2H3. The van der Waals surface area contributed by atoms with E-state index in [1.807, 2.05) is 0 Å². The van der Waals surface area contributed by atoms with Gasteiger partial charge in [0.1, 0.15) is 0 Å². The van der Waals surface area contributed by atoms with Crippen LogP contribution in [0, 0.1) is 5.41 Å². The third kappa shape index (κ3) is 3.92. The minimum Gasteiger partial charge on any atom is -0.383 e. The van der Waals surface area contributed by atoms with Gasteiger partial charge in [-0.15, -0.1) is 0 Å². The van der Waals surface area contributed by atoms with Gasteiger partial charge in [-0.25, -0.2) is 0 Å². The Morgan fingerprint density at radius 3 is 2.89 bits per heavy atom. The van der Waals surface area contributed by atoms with Crippen LogP contribution in [0.4, 0.5) is 0 Å². The summed E-state index contributed by atoms with van der Waals surface area (Å²) in [5.74, 6) is 0. The first-order valence-electron chi connectivity index (χ1n) is 7.17. The van der Waals surface area contributed by atoms with Gasteiger partial charge in [0.25, 0.3) is 0 Å². The average Bonchev–Trinajstić information content (AvgIpc) is 2.96. The average molecular weight is 257 g/mol. The number of hydrogen-bond acceptors (Lipinski definition) is 4. The third-order valence-corrected chi connectivity index (χ3v) is 4.15. The molecule has 0 bridgehead atoms. The Labute approximate surface area is 110 Å². The predicted octanol–water partition coefficient (Wildman–Crippen LogP) is 1.59. The van der Waals surface area contributed by atoms with Crippen LogP contribution in [-0.2, 0) is 14.2 Å². The molecule has 0 amide bonds. The van der Waals surface area contributed by atoms with Crippen LogP contribution in [-0.4, -0.2) is 52.2 Å². The van der Waals surface area contributed by atoms with Crippen molar-refractivity contribution >= 4 is 0 Å². The number of methoxy groups -OCH3 is 1. The fourth-order valence-corrected chi connectivity index (χ4v) is 3.07. The molecule has 106 valence electrons. The lowest BCUT2D eigenvalue weighted by atomic mass is 9.81. The van der Waals surface area contributed by atoms with Crippen LogP contribution in [0.2, 0.25) is 0 Å². The highest BCUT2D eigenvalue weighted by Crippen LogP contribution is 2.37. The molecule has 0 aromatic carbocycles. The zero-order valence-corrected chi connectivity index (χ0v) is 11.7. The smallest absolute Gasteiger partial charge is 0.0587 e. The summed E-state index contributed by atoms with van der Waals surface area (Å²) < 4.78 is 16.7. The van der Waals surface area contributed by atoms with Crippen LogP contribution in [0.1, 0.15) is 32.6 Å². The third-order valence-electron chi connectivity index (χ3n) is 4.15. The van der Waals surface area contributed by atoms with Gasteiger partial charge in [0.05, 0.1) is 25.4 Å². The summed E-state index contributed by atoms with van der Waals surface area (Å²) in [7, 11) is 1.74. The lowest BCUT2D eigenvalue weighted by Gasteiger charge is -2.30. The van der Waals surface area contributed by atoms with E-state index in [4.69, 9.17) is 14.2 Å². The topological polar surface area (TPSA) is 39.7 Å². The van der Waals surface area contributed by atoms with Crippen LogP contribution >= 0.6 is 0 Å². The molecule has 0 aliphatic carbocycles. The zero-order valence-electron chi connectivity index (χ0n) is 11.7. The zero-order chi connectivity index (χ0) is 12.8. The highest BCUT2D eigenvalue weighted by atomic mass is 16.5. The first-order chi connectivity index (χ1) is 8.74. The van der Waals surface area contributed by atoms with Gasteiger partial charge in [-0.1, -0.05) is 0 Å². The Kier molecular flexibility index (Phi) is 5.42. The fourth-order valence-electron chi connectivity index (χ4n) is 3.07. The molecular weight excluding hydrogens is 230 g/mol. The second-order valence-corrected chi connectivity index (χ2v) is 5.82. The lowest BCUT2D eigenvalue weighted by molar-refractivity contribution is 0.0174. The minimum absolute atomic E-state index is 0.280. The van der Waals surface area contributed by atoms with Gasteiger partial charge in [-0.2, -0.15) is 0 Å². The number of nitrogens with one attached hydrogen (secondary N) is 1. The number of rotatable bonds is 7. The summed E-state index contributed by atoms with van der Waals surface area (Å²) in [6.07, 6.45) is 5.58. The summed E-state index contributed by atoms with van der Waals surface area (Å²) in [5, 5.41) is 3.49. The van der Waals surface area contributed by atoms with Crippen LogP contribution in [0.15, 0.2) is 0 Å². The van der Waals surface area contributed by atoms with Gasteiger partial charge in [-0.05, 0) is 32.6 Å². The van der Waals surface area contributed by atoms with Crippen molar-refractivity contribution in [1.82, 2.24) is 5.32 Å². The van der Waals surface area contributed by atoms with Crippen LogP contribution < -0.4 is 5.32 Å². The van der Waals surface area contributed by atoms with Gasteiger partial charge < -0.3 is 19.5 Å². The Bertz CT molecular complexity index is 241. The Hall–Kier alpha value is -0.160. The summed E-state index contributed by atoms with van der Waals surface area (Å²) in [6, 6.07) is 0. The Morgan fingerprint density at radius 2 is 2.28 bits per heavy atom. The summed E-state index contributed by atoms with van der Waals surface area (Å²) in [6.45, 7) is 6.66. The van der Waals surface area contributed by atoms with Crippen molar-refractivity contribution in [2.45, 2.75) is 44.8 Å². The Balaban J connectivity index is 1.78. The van der Waals surface area contributed by atoms with E-state index in [0.717, 1.165) is 45.8 Å². The maximum atomic E-state index is 5.97. The highest BCUT2D eigenvalue weighted by molar-refractivity contribution is 4.89. The van der Waals surface area contributed by atoms with Crippen molar-refractivity contribution in [3.63, 3.8) is 0 Å². The summed E-state index contributed by atoms with van der Waals surface area (Å²) in [4.78, 5) is 0. The first-order valence-corrected chi connectivity index (χ1v) is 7.17. The molecule has 18 heavy (non-hydrogen) atoms. The van der Waals surface area contributed by atoms with E-state index in [2.05, 4.69) is 12.2 Å². The van der Waals surface area contributed by atoms with E-state index < -0.39 is 0 Å². The van der Waals surface area contributed by atoms with E-state index >= 15 is 0 Å². The van der Waals surface area contributed by atoms with Gasteiger partial charge >= 0.3 is 0 Å². The molecule has 0 radical (unpaired) electrons. The Morgan fingerprint density at radius 1 is 1.39 bits per heavy atom. The number of ether oxygens (including phenoxy) is 3. The molecule has 2 fully saturated rings. The summed E-state index contributed by atoms with van der Waals surface area (Å²) in [5.41, 5.74) is 0.280. The number of hydrogen-bond donors (Lipinski definition) is 1. The van der Waals surface area contributed by atoms with Gasteiger partial charge in [0, 0.05) is 32.2 Å². The monoisotopic (exact) mass is 257 g/mol. The molecule has 2 heterocycles. The fraction of sp³-hybridized carbons (Fsp3) is 1.00. The molecule has 3 unspecified atom stereocenters. The van der Waals surface area contributed by atoms with E-state index in [0.29, 0.717) is 12.2 Å². The molecule has 0 aromatic heterocycles. The quantitative estimate of drug-likeness (QED) is 0.703. The molecular formula is C14H27NO3. The minimum atomic E-state index is 0.280. The second kappa shape index (κ2) is 6.85. The van der Waals surface area contributed by atoms with Crippen LogP contribution in [0.3, 0.4) is 0 Å². The van der Waals surface area contributed by atoms with Crippen molar-refractivity contribution in [3.8, 4) is 0 Å². The maximum Gasteiger partial charge on any atom is 0.0587 e. The lowest BCUT2D eigenvalue weighted by Crippen LogP contribution is -2.39. The van der Waals surface area contributed by atoms with E-state index in [1.165, 1.54) is 12.8 Å². The molecule has 0 spiro atoms.